The topological polar surface area (TPSA) is 39.2 Å². The van der Waals surface area contributed by atoms with E-state index in [2.05, 4.69) is 0 Å². The number of aromatic nitrogens is 1. The van der Waals surface area contributed by atoms with Crippen LogP contribution in [0.2, 0.25) is 0 Å². The Balaban J connectivity index is 1.75. The monoisotopic (exact) mass is 371 g/mol. The zero-order valence-corrected chi connectivity index (χ0v) is 15.4. The predicted octanol–water partition coefficient (Wildman–Crippen LogP) is 5.71. The molecular weight excluding hydrogens is 353 g/mol. The van der Waals surface area contributed by atoms with E-state index in [0.29, 0.717) is 5.56 Å². The van der Waals surface area contributed by atoms with E-state index in [4.69, 9.17) is 9.72 Å². The number of para-hydroxylation sites is 1. The Labute approximate surface area is 162 Å². The second-order valence-electron chi connectivity index (χ2n) is 6.55. The van der Waals surface area contributed by atoms with E-state index in [-0.39, 0.29) is 12.4 Å². The number of benzene rings is 3. The molecule has 4 rings (SSSR count). The first-order chi connectivity index (χ1) is 13.6. The second-order valence-corrected chi connectivity index (χ2v) is 6.55. The average molecular weight is 371 g/mol. The Kier molecular flexibility index (Phi) is 4.85. The zero-order valence-electron chi connectivity index (χ0n) is 15.4. The summed E-state index contributed by atoms with van der Waals surface area (Å²) in [4.78, 5) is 17.7. The molecule has 3 nitrogen and oxygen atoms in total. The van der Waals surface area contributed by atoms with Crippen LogP contribution in [-0.4, -0.2) is 11.0 Å². The molecule has 0 saturated heterocycles. The van der Waals surface area contributed by atoms with Crippen molar-refractivity contribution in [2.75, 3.05) is 0 Å². The lowest BCUT2D eigenvalue weighted by molar-refractivity contribution is 0.0474. The number of ether oxygens (including phenoxy) is 1. The maximum Gasteiger partial charge on any atom is 0.339 e. The van der Waals surface area contributed by atoms with E-state index in [1.165, 1.54) is 12.1 Å². The van der Waals surface area contributed by atoms with Crippen LogP contribution in [0, 0.1) is 12.7 Å². The molecule has 0 N–H and O–H groups in total. The number of rotatable bonds is 4. The lowest BCUT2D eigenvalue weighted by Gasteiger charge is -2.14. The molecule has 4 aromatic rings. The van der Waals surface area contributed by atoms with E-state index < -0.39 is 5.97 Å². The highest BCUT2D eigenvalue weighted by Crippen LogP contribution is 2.30. The summed E-state index contributed by atoms with van der Waals surface area (Å²) in [6, 6.07) is 23.2. The van der Waals surface area contributed by atoms with Gasteiger partial charge in [-0.2, -0.15) is 0 Å². The second kappa shape index (κ2) is 7.61. The highest BCUT2D eigenvalue weighted by Gasteiger charge is 2.20. The Morgan fingerprint density at radius 3 is 2.36 bits per heavy atom. The molecule has 1 aromatic heterocycles. The lowest BCUT2D eigenvalue weighted by Crippen LogP contribution is -2.10. The number of carbonyl (C=O) groups excluding carboxylic acids is 1. The van der Waals surface area contributed by atoms with Crippen LogP contribution in [0.1, 0.15) is 21.5 Å². The number of hydrogen-bond donors (Lipinski definition) is 0. The molecule has 0 atom stereocenters. The summed E-state index contributed by atoms with van der Waals surface area (Å²) in [5.41, 5.74) is 4.45. The summed E-state index contributed by atoms with van der Waals surface area (Å²) in [6.07, 6.45) is 0. The summed E-state index contributed by atoms with van der Waals surface area (Å²) in [6.45, 7) is 1.96. The van der Waals surface area contributed by atoms with Crippen molar-refractivity contribution < 1.29 is 13.9 Å². The summed E-state index contributed by atoms with van der Waals surface area (Å²) >= 11 is 0. The van der Waals surface area contributed by atoms with E-state index in [1.54, 1.807) is 12.1 Å². The molecule has 0 aliphatic rings. The fourth-order valence-electron chi connectivity index (χ4n) is 3.25. The van der Waals surface area contributed by atoms with Gasteiger partial charge in [-0.1, -0.05) is 60.7 Å². The van der Waals surface area contributed by atoms with Gasteiger partial charge in [0, 0.05) is 10.9 Å². The number of carbonyl (C=O) groups is 1. The van der Waals surface area contributed by atoms with Gasteiger partial charge in [-0.05, 0) is 36.2 Å². The van der Waals surface area contributed by atoms with E-state index in [0.717, 1.165) is 33.3 Å². The zero-order chi connectivity index (χ0) is 19.5. The average Bonchev–Trinajstić information content (AvgIpc) is 2.73. The fraction of sp³-hybridized carbons (Fsp3) is 0.0833. The lowest BCUT2D eigenvalue weighted by atomic mass is 9.98. The molecule has 28 heavy (non-hydrogen) atoms. The highest BCUT2D eigenvalue weighted by molar-refractivity contribution is 6.06. The van der Waals surface area contributed by atoms with Crippen molar-refractivity contribution in [2.45, 2.75) is 13.5 Å². The van der Waals surface area contributed by atoms with Gasteiger partial charge < -0.3 is 4.74 Å². The van der Waals surface area contributed by atoms with Crippen LogP contribution in [0.5, 0.6) is 0 Å². The van der Waals surface area contributed by atoms with Gasteiger partial charge >= 0.3 is 5.97 Å². The summed E-state index contributed by atoms with van der Waals surface area (Å²) < 4.78 is 18.6. The minimum Gasteiger partial charge on any atom is -0.457 e. The smallest absolute Gasteiger partial charge is 0.339 e. The third-order valence-electron chi connectivity index (χ3n) is 4.67. The summed E-state index contributed by atoms with van der Waals surface area (Å²) in [5, 5.41) is 0.754. The molecule has 0 fully saturated rings. The molecule has 0 aliphatic heterocycles. The van der Waals surface area contributed by atoms with E-state index in [9.17, 15) is 9.18 Å². The molecule has 0 amide bonds. The van der Waals surface area contributed by atoms with Gasteiger partial charge in [0.2, 0.25) is 0 Å². The molecule has 138 valence electrons. The highest BCUT2D eigenvalue weighted by atomic mass is 19.1. The number of nitrogens with zero attached hydrogens (tertiary/aromatic N) is 1. The van der Waals surface area contributed by atoms with Gasteiger partial charge in [0.1, 0.15) is 12.4 Å². The van der Waals surface area contributed by atoms with Crippen LogP contribution in [0.15, 0.2) is 78.9 Å². The fourth-order valence-corrected chi connectivity index (χ4v) is 3.25. The minimum absolute atomic E-state index is 0.0792. The van der Waals surface area contributed by atoms with Gasteiger partial charge in [0.15, 0.2) is 0 Å². The molecule has 4 heteroatoms. The third kappa shape index (κ3) is 3.49. The van der Waals surface area contributed by atoms with Gasteiger partial charge in [-0.25, -0.2) is 14.2 Å². The first kappa shape index (κ1) is 17.9. The number of hydrogen-bond acceptors (Lipinski definition) is 3. The minimum atomic E-state index is -0.419. The molecule has 0 bridgehead atoms. The van der Waals surface area contributed by atoms with Gasteiger partial charge in [-0.3, -0.25) is 0 Å². The van der Waals surface area contributed by atoms with E-state index >= 15 is 0 Å². The Morgan fingerprint density at radius 1 is 0.929 bits per heavy atom. The quantitative estimate of drug-likeness (QED) is 0.432. The largest absolute Gasteiger partial charge is 0.457 e. The van der Waals surface area contributed by atoms with Crippen molar-refractivity contribution in [2.24, 2.45) is 0 Å². The number of halogens is 1. The summed E-state index contributed by atoms with van der Waals surface area (Å²) in [5.74, 6) is -0.740. The Bertz CT molecular complexity index is 1140. The molecule has 1 heterocycles. The van der Waals surface area contributed by atoms with Crippen molar-refractivity contribution in [1.82, 2.24) is 4.98 Å². The number of fused-ring (bicyclic) bond motifs is 1. The van der Waals surface area contributed by atoms with E-state index in [1.807, 2.05) is 61.5 Å². The normalized spacial score (nSPS) is 10.8. The van der Waals surface area contributed by atoms with Gasteiger partial charge in [0.25, 0.3) is 0 Å². The molecule has 0 saturated carbocycles. The molecule has 0 spiro atoms. The summed E-state index contributed by atoms with van der Waals surface area (Å²) in [7, 11) is 0. The number of esters is 1. The van der Waals surface area contributed by atoms with Crippen molar-refractivity contribution >= 4 is 16.9 Å². The van der Waals surface area contributed by atoms with Crippen LogP contribution in [0.25, 0.3) is 22.2 Å². The van der Waals surface area contributed by atoms with Crippen LogP contribution < -0.4 is 0 Å². The van der Waals surface area contributed by atoms with Crippen LogP contribution in [0.3, 0.4) is 0 Å². The maximum absolute atomic E-state index is 13.1. The first-order valence-corrected chi connectivity index (χ1v) is 9.00. The SMILES string of the molecule is Cc1c(-c2ccccc2)nc2ccccc2c1C(=O)OCc1ccc(F)cc1. The van der Waals surface area contributed by atoms with Crippen molar-refractivity contribution in [1.29, 1.82) is 0 Å². The molecule has 3 aromatic carbocycles. The van der Waals surface area contributed by atoms with Crippen molar-refractivity contribution in [3.63, 3.8) is 0 Å². The molecule has 0 unspecified atom stereocenters. The Morgan fingerprint density at radius 2 is 1.61 bits per heavy atom. The van der Waals surface area contributed by atoms with Crippen LogP contribution in [-0.2, 0) is 11.3 Å². The molecule has 0 radical (unpaired) electrons. The standard InChI is InChI=1S/C24H18FNO2/c1-16-22(24(27)28-15-17-11-13-19(25)14-12-17)20-9-5-6-10-21(20)26-23(16)18-7-3-2-4-8-18/h2-14H,15H2,1H3. The van der Waals surface area contributed by atoms with Crippen LogP contribution >= 0.6 is 0 Å². The van der Waals surface area contributed by atoms with Crippen LogP contribution in [0.4, 0.5) is 4.39 Å². The molecule has 0 aliphatic carbocycles. The van der Waals surface area contributed by atoms with Gasteiger partial charge in [0.05, 0.1) is 16.8 Å². The first-order valence-electron chi connectivity index (χ1n) is 9.00. The van der Waals surface area contributed by atoms with Gasteiger partial charge in [-0.15, -0.1) is 0 Å². The number of pyridine rings is 1. The Hall–Kier alpha value is -3.53. The third-order valence-corrected chi connectivity index (χ3v) is 4.67. The van der Waals surface area contributed by atoms with Crippen molar-refractivity contribution in [3.05, 3.63) is 101 Å². The van der Waals surface area contributed by atoms with Crippen molar-refractivity contribution in [3.8, 4) is 11.3 Å². The molecular formula is C24H18FNO2. The maximum atomic E-state index is 13.1. The predicted molar refractivity (Wildman–Crippen MR) is 107 cm³/mol.